The summed E-state index contributed by atoms with van der Waals surface area (Å²) in [5, 5.41) is 0. The molecule has 0 amide bonds. The van der Waals surface area contributed by atoms with Crippen molar-refractivity contribution in [1.82, 2.24) is 0 Å². The van der Waals surface area contributed by atoms with E-state index in [1.165, 1.54) is 0 Å². The number of methoxy groups -OCH3 is 1. The van der Waals surface area contributed by atoms with Gasteiger partial charge in [0.25, 0.3) is 0 Å². The molecule has 1 heterocycles. The Kier molecular flexibility index (Phi) is 3.98. The molecule has 20 heavy (non-hydrogen) atoms. The zero-order valence-electron chi connectivity index (χ0n) is 12.4. The number of hydrogen-bond donors (Lipinski definition) is 0. The van der Waals surface area contributed by atoms with E-state index in [1.54, 1.807) is 20.1 Å². The third kappa shape index (κ3) is 3.10. The molecule has 1 aromatic rings. The van der Waals surface area contributed by atoms with E-state index in [0.29, 0.717) is 12.4 Å². The fraction of sp³-hybridized carbons (Fsp3) is 0.353. The Bertz CT molecular complexity index is 580. The summed E-state index contributed by atoms with van der Waals surface area (Å²) in [6, 6.07) is 5.79. The lowest BCUT2D eigenvalue weighted by molar-refractivity contribution is -0.112. The maximum absolute atomic E-state index is 11.2. The molecule has 3 heteroatoms. The zero-order chi connectivity index (χ0) is 14.8. The van der Waals surface area contributed by atoms with Crippen LogP contribution in [0.3, 0.4) is 0 Å². The van der Waals surface area contributed by atoms with E-state index in [-0.39, 0.29) is 11.2 Å². The van der Waals surface area contributed by atoms with Crippen LogP contribution in [0.4, 0.5) is 0 Å². The molecule has 0 atom stereocenters. The Morgan fingerprint density at radius 3 is 2.80 bits per heavy atom. The van der Waals surface area contributed by atoms with Crippen LogP contribution in [-0.2, 0) is 4.79 Å². The molecule has 1 aliphatic heterocycles. The Labute approximate surface area is 119 Å². The number of benzene rings is 1. The van der Waals surface area contributed by atoms with Crippen molar-refractivity contribution >= 4 is 11.4 Å². The molecule has 0 saturated heterocycles. The van der Waals surface area contributed by atoms with Crippen LogP contribution in [0.2, 0.25) is 0 Å². The van der Waals surface area contributed by atoms with Gasteiger partial charge in [-0.25, -0.2) is 0 Å². The summed E-state index contributed by atoms with van der Waals surface area (Å²) < 4.78 is 11.3. The van der Waals surface area contributed by atoms with Crippen molar-refractivity contribution < 1.29 is 14.3 Å². The van der Waals surface area contributed by atoms with Crippen LogP contribution in [0, 0.1) is 5.41 Å². The third-order valence-corrected chi connectivity index (χ3v) is 3.14. The summed E-state index contributed by atoms with van der Waals surface area (Å²) in [5.74, 6) is 1.47. The van der Waals surface area contributed by atoms with Crippen molar-refractivity contribution in [1.29, 1.82) is 0 Å². The molecule has 1 aliphatic rings. The molecule has 0 saturated carbocycles. The van der Waals surface area contributed by atoms with E-state index < -0.39 is 0 Å². The second-order valence-corrected chi connectivity index (χ2v) is 5.66. The van der Waals surface area contributed by atoms with Crippen LogP contribution in [0.25, 0.3) is 5.57 Å². The number of fused-ring (bicyclic) bond motifs is 1. The average Bonchev–Trinajstić information content (AvgIpc) is 2.53. The first-order valence-electron chi connectivity index (χ1n) is 6.64. The Hall–Kier alpha value is -2.03. The number of carbonyl (C=O) groups excluding carboxylic acids is 1. The Morgan fingerprint density at radius 2 is 2.15 bits per heavy atom. The molecule has 0 unspecified atom stereocenters. The predicted molar refractivity (Wildman–Crippen MR) is 80.1 cm³/mol. The van der Waals surface area contributed by atoms with Gasteiger partial charge in [-0.2, -0.15) is 0 Å². The SMILES string of the molecule is COc1cccc2c1OCC(C)(C)C=C2C=CC(C)=O. The monoisotopic (exact) mass is 272 g/mol. The summed E-state index contributed by atoms with van der Waals surface area (Å²) >= 11 is 0. The molecule has 0 fully saturated rings. The first-order valence-corrected chi connectivity index (χ1v) is 6.64. The van der Waals surface area contributed by atoms with E-state index in [0.717, 1.165) is 16.9 Å². The number of rotatable bonds is 3. The number of ether oxygens (including phenoxy) is 2. The molecule has 1 aromatic carbocycles. The minimum atomic E-state index is -0.111. The molecule has 0 aliphatic carbocycles. The van der Waals surface area contributed by atoms with Crippen LogP contribution in [-0.4, -0.2) is 19.5 Å². The maximum atomic E-state index is 11.2. The van der Waals surface area contributed by atoms with Crippen LogP contribution in [0.15, 0.2) is 36.4 Å². The third-order valence-electron chi connectivity index (χ3n) is 3.14. The first kappa shape index (κ1) is 14.4. The van der Waals surface area contributed by atoms with Crippen molar-refractivity contribution in [3.8, 4) is 11.5 Å². The highest BCUT2D eigenvalue weighted by molar-refractivity contribution is 5.92. The maximum Gasteiger partial charge on any atom is 0.168 e. The van der Waals surface area contributed by atoms with E-state index in [9.17, 15) is 4.79 Å². The van der Waals surface area contributed by atoms with E-state index >= 15 is 0 Å². The van der Waals surface area contributed by atoms with Gasteiger partial charge in [0.1, 0.15) is 0 Å². The number of carbonyl (C=O) groups is 1. The second kappa shape index (κ2) is 5.53. The molecule has 0 radical (unpaired) electrons. The minimum absolute atomic E-state index is 0.0262. The summed E-state index contributed by atoms with van der Waals surface area (Å²) in [5.41, 5.74) is 1.82. The van der Waals surface area contributed by atoms with Gasteiger partial charge in [0.05, 0.1) is 13.7 Å². The first-order chi connectivity index (χ1) is 9.43. The van der Waals surface area contributed by atoms with Gasteiger partial charge in [-0.15, -0.1) is 0 Å². The molecule has 2 rings (SSSR count). The quantitative estimate of drug-likeness (QED) is 0.788. The van der Waals surface area contributed by atoms with E-state index in [2.05, 4.69) is 19.9 Å². The molecular weight excluding hydrogens is 252 g/mol. The topological polar surface area (TPSA) is 35.5 Å². The van der Waals surface area contributed by atoms with Gasteiger partial charge < -0.3 is 9.47 Å². The number of para-hydroxylation sites is 1. The highest BCUT2D eigenvalue weighted by Gasteiger charge is 2.24. The molecule has 3 nitrogen and oxygen atoms in total. The molecule has 0 spiro atoms. The van der Waals surface area contributed by atoms with E-state index in [4.69, 9.17) is 9.47 Å². The standard InChI is InChI=1S/C17H20O3/c1-12(18)8-9-13-10-17(2,3)11-20-16-14(13)6-5-7-15(16)19-4/h5-10H,11H2,1-4H3. The summed E-state index contributed by atoms with van der Waals surface area (Å²) in [7, 11) is 1.63. The van der Waals surface area contributed by atoms with Crippen molar-refractivity contribution in [3.63, 3.8) is 0 Å². The largest absolute Gasteiger partial charge is 0.493 e. The van der Waals surface area contributed by atoms with Crippen molar-refractivity contribution in [3.05, 3.63) is 42.0 Å². The smallest absolute Gasteiger partial charge is 0.168 e. The van der Waals surface area contributed by atoms with Gasteiger partial charge in [-0.05, 0) is 24.6 Å². The zero-order valence-corrected chi connectivity index (χ0v) is 12.4. The number of hydrogen-bond acceptors (Lipinski definition) is 3. The lowest BCUT2D eigenvalue weighted by atomic mass is 9.90. The van der Waals surface area contributed by atoms with Crippen LogP contribution < -0.4 is 9.47 Å². The average molecular weight is 272 g/mol. The van der Waals surface area contributed by atoms with Gasteiger partial charge in [0.15, 0.2) is 17.3 Å². The Morgan fingerprint density at radius 1 is 1.40 bits per heavy atom. The fourth-order valence-electron chi connectivity index (χ4n) is 2.20. The van der Waals surface area contributed by atoms with Gasteiger partial charge in [-0.3, -0.25) is 4.79 Å². The fourth-order valence-corrected chi connectivity index (χ4v) is 2.20. The van der Waals surface area contributed by atoms with Gasteiger partial charge in [0.2, 0.25) is 0 Å². The van der Waals surface area contributed by atoms with Crippen LogP contribution in [0.1, 0.15) is 26.3 Å². The van der Waals surface area contributed by atoms with Crippen LogP contribution in [0.5, 0.6) is 11.5 Å². The van der Waals surface area contributed by atoms with Crippen LogP contribution >= 0.6 is 0 Å². The normalized spacial score (nSPS) is 16.9. The molecule has 0 N–H and O–H groups in total. The highest BCUT2D eigenvalue weighted by Crippen LogP contribution is 2.41. The minimum Gasteiger partial charge on any atom is -0.493 e. The van der Waals surface area contributed by atoms with Gasteiger partial charge >= 0.3 is 0 Å². The number of allylic oxidation sites excluding steroid dienone is 3. The molecule has 0 aromatic heterocycles. The van der Waals surface area contributed by atoms with Crippen molar-refractivity contribution in [2.24, 2.45) is 5.41 Å². The van der Waals surface area contributed by atoms with Gasteiger partial charge in [-0.1, -0.05) is 38.1 Å². The molecular formula is C17H20O3. The summed E-state index contributed by atoms with van der Waals surface area (Å²) in [6.45, 7) is 6.32. The highest BCUT2D eigenvalue weighted by atomic mass is 16.5. The second-order valence-electron chi connectivity index (χ2n) is 5.66. The lowest BCUT2D eigenvalue weighted by Gasteiger charge is -2.19. The molecule has 106 valence electrons. The van der Waals surface area contributed by atoms with Crippen molar-refractivity contribution in [2.75, 3.05) is 13.7 Å². The Balaban J connectivity index is 2.57. The number of ketones is 1. The van der Waals surface area contributed by atoms with Crippen molar-refractivity contribution in [2.45, 2.75) is 20.8 Å². The summed E-state index contributed by atoms with van der Waals surface area (Å²) in [6.07, 6.45) is 5.56. The van der Waals surface area contributed by atoms with Gasteiger partial charge in [0, 0.05) is 11.0 Å². The predicted octanol–water partition coefficient (Wildman–Crippen LogP) is 3.64. The molecule has 0 bridgehead atoms. The lowest BCUT2D eigenvalue weighted by Crippen LogP contribution is -2.17. The summed E-state index contributed by atoms with van der Waals surface area (Å²) in [4.78, 5) is 11.2. The van der Waals surface area contributed by atoms with E-state index in [1.807, 2.05) is 24.3 Å².